The Bertz CT molecular complexity index is 427. The predicted octanol–water partition coefficient (Wildman–Crippen LogP) is 1.07. The summed E-state index contributed by atoms with van der Waals surface area (Å²) < 4.78 is 1.71. The molecule has 0 saturated carbocycles. The first-order valence-corrected chi connectivity index (χ1v) is 6.76. The van der Waals surface area contributed by atoms with Crippen LogP contribution in [0.15, 0.2) is 18.5 Å². The normalized spacial score (nSPS) is 11.1. The quantitative estimate of drug-likeness (QED) is 0.664. The number of carbonyl (C=O) groups excluding carboxylic acids is 1. The molecule has 2 amide bonds. The molecular formula is C13H22N4O3. The third kappa shape index (κ3) is 4.25. The molecule has 0 fully saturated rings. The number of carboxylic acids is 1. The first-order valence-electron chi connectivity index (χ1n) is 6.76. The Morgan fingerprint density at radius 3 is 2.50 bits per heavy atom. The summed E-state index contributed by atoms with van der Waals surface area (Å²) in [5.74, 6) is -0.876. The number of hydrogen-bond donors (Lipinski definition) is 3. The Balaban J connectivity index is 2.33. The smallest absolute Gasteiger partial charge is 0.314 e. The maximum absolute atomic E-state index is 11.6. The molecule has 0 aliphatic heterocycles. The van der Waals surface area contributed by atoms with E-state index < -0.39 is 11.4 Å². The average molecular weight is 282 g/mol. The van der Waals surface area contributed by atoms with Crippen molar-refractivity contribution in [1.29, 1.82) is 0 Å². The van der Waals surface area contributed by atoms with Crippen LogP contribution in [0.25, 0.3) is 0 Å². The van der Waals surface area contributed by atoms with Gasteiger partial charge in [0, 0.05) is 25.5 Å². The van der Waals surface area contributed by atoms with Crippen LogP contribution in [-0.4, -0.2) is 40.0 Å². The summed E-state index contributed by atoms with van der Waals surface area (Å²) in [5.41, 5.74) is -0.890. The number of nitrogens with one attached hydrogen (secondary N) is 2. The van der Waals surface area contributed by atoms with Crippen LogP contribution >= 0.6 is 0 Å². The van der Waals surface area contributed by atoms with Gasteiger partial charge in [0.1, 0.15) is 0 Å². The highest BCUT2D eigenvalue weighted by atomic mass is 16.4. The summed E-state index contributed by atoms with van der Waals surface area (Å²) >= 11 is 0. The van der Waals surface area contributed by atoms with Gasteiger partial charge in [-0.2, -0.15) is 5.10 Å². The molecule has 0 aliphatic rings. The van der Waals surface area contributed by atoms with Gasteiger partial charge in [0.25, 0.3) is 0 Å². The van der Waals surface area contributed by atoms with Gasteiger partial charge in [-0.3, -0.25) is 9.48 Å². The molecule has 1 rings (SSSR count). The molecule has 112 valence electrons. The lowest BCUT2D eigenvalue weighted by Gasteiger charge is -2.26. The van der Waals surface area contributed by atoms with E-state index in [-0.39, 0.29) is 12.6 Å². The molecule has 20 heavy (non-hydrogen) atoms. The highest BCUT2D eigenvalue weighted by Gasteiger charge is 2.35. The molecule has 0 bridgehead atoms. The van der Waals surface area contributed by atoms with E-state index in [1.54, 1.807) is 10.9 Å². The van der Waals surface area contributed by atoms with E-state index in [9.17, 15) is 14.7 Å². The third-order valence-corrected chi connectivity index (χ3v) is 3.58. The van der Waals surface area contributed by atoms with E-state index in [2.05, 4.69) is 15.7 Å². The summed E-state index contributed by atoms with van der Waals surface area (Å²) in [5, 5.41) is 18.6. The molecule has 0 aromatic carbocycles. The first kappa shape index (κ1) is 16.0. The van der Waals surface area contributed by atoms with Crippen molar-refractivity contribution in [1.82, 2.24) is 20.4 Å². The Labute approximate surface area is 118 Å². The molecule has 3 N–H and O–H groups in total. The second-order valence-electron chi connectivity index (χ2n) is 4.67. The fourth-order valence-electron chi connectivity index (χ4n) is 1.91. The van der Waals surface area contributed by atoms with Gasteiger partial charge in [0.15, 0.2) is 0 Å². The van der Waals surface area contributed by atoms with Crippen LogP contribution in [0.5, 0.6) is 0 Å². The van der Waals surface area contributed by atoms with Crippen molar-refractivity contribution in [3.05, 3.63) is 18.5 Å². The van der Waals surface area contributed by atoms with Gasteiger partial charge < -0.3 is 15.7 Å². The Hall–Kier alpha value is -2.05. The molecule has 1 aromatic rings. The minimum atomic E-state index is -0.890. The number of carboxylic acid groups (broad SMARTS) is 1. The van der Waals surface area contributed by atoms with E-state index >= 15 is 0 Å². The van der Waals surface area contributed by atoms with Crippen LogP contribution in [-0.2, 0) is 11.3 Å². The Morgan fingerprint density at radius 2 is 2.00 bits per heavy atom. The second-order valence-corrected chi connectivity index (χ2v) is 4.67. The summed E-state index contributed by atoms with van der Waals surface area (Å²) in [4.78, 5) is 22.9. The molecule has 1 heterocycles. The number of aromatic nitrogens is 2. The van der Waals surface area contributed by atoms with Crippen molar-refractivity contribution in [2.24, 2.45) is 5.41 Å². The minimum Gasteiger partial charge on any atom is -0.481 e. The molecule has 0 spiro atoms. The van der Waals surface area contributed by atoms with E-state index in [1.165, 1.54) is 0 Å². The zero-order valence-corrected chi connectivity index (χ0v) is 11.9. The fraction of sp³-hybridized carbons (Fsp3) is 0.615. The van der Waals surface area contributed by atoms with Gasteiger partial charge in [-0.1, -0.05) is 13.8 Å². The Morgan fingerprint density at radius 1 is 1.30 bits per heavy atom. The van der Waals surface area contributed by atoms with Crippen molar-refractivity contribution >= 4 is 12.0 Å². The minimum absolute atomic E-state index is 0.128. The van der Waals surface area contributed by atoms with Crippen LogP contribution in [0.1, 0.15) is 26.7 Å². The van der Waals surface area contributed by atoms with E-state index in [1.807, 2.05) is 26.1 Å². The van der Waals surface area contributed by atoms with Crippen molar-refractivity contribution in [3.63, 3.8) is 0 Å². The molecule has 0 atom stereocenters. The monoisotopic (exact) mass is 282 g/mol. The molecule has 0 aliphatic carbocycles. The molecular weight excluding hydrogens is 260 g/mol. The van der Waals surface area contributed by atoms with Crippen molar-refractivity contribution in [2.75, 3.05) is 13.1 Å². The highest BCUT2D eigenvalue weighted by Crippen LogP contribution is 2.25. The summed E-state index contributed by atoms with van der Waals surface area (Å²) in [7, 11) is 0. The van der Waals surface area contributed by atoms with Crippen molar-refractivity contribution in [2.45, 2.75) is 33.2 Å². The highest BCUT2D eigenvalue weighted by molar-refractivity contribution is 5.78. The van der Waals surface area contributed by atoms with Crippen LogP contribution in [0.2, 0.25) is 0 Å². The van der Waals surface area contributed by atoms with Gasteiger partial charge >= 0.3 is 12.0 Å². The zero-order chi connectivity index (χ0) is 15.0. The first-order chi connectivity index (χ1) is 9.54. The van der Waals surface area contributed by atoms with Crippen LogP contribution in [0, 0.1) is 5.41 Å². The van der Waals surface area contributed by atoms with Gasteiger partial charge in [0.2, 0.25) is 0 Å². The number of hydrogen-bond acceptors (Lipinski definition) is 3. The van der Waals surface area contributed by atoms with E-state index in [0.29, 0.717) is 25.9 Å². The van der Waals surface area contributed by atoms with Crippen LogP contribution in [0.3, 0.4) is 0 Å². The summed E-state index contributed by atoms with van der Waals surface area (Å²) in [6, 6.07) is 1.45. The maximum Gasteiger partial charge on any atom is 0.314 e. The standard InChI is InChI=1S/C13H22N4O3/c1-3-13(4-2,11(18)19)10-15-12(20)14-7-9-17-8-5-6-16-17/h5-6,8H,3-4,7,9-10H2,1-2H3,(H,18,19)(H2,14,15,20). The van der Waals surface area contributed by atoms with Gasteiger partial charge in [-0.25, -0.2) is 4.79 Å². The molecule has 7 nitrogen and oxygen atoms in total. The molecule has 0 saturated heterocycles. The van der Waals surface area contributed by atoms with E-state index in [0.717, 1.165) is 0 Å². The van der Waals surface area contributed by atoms with Crippen LogP contribution < -0.4 is 10.6 Å². The van der Waals surface area contributed by atoms with Crippen molar-refractivity contribution in [3.8, 4) is 0 Å². The number of aliphatic carboxylic acids is 1. The topological polar surface area (TPSA) is 96.3 Å². The number of amides is 2. The SMILES string of the molecule is CCC(CC)(CNC(=O)NCCn1cccn1)C(=O)O. The summed E-state index contributed by atoms with van der Waals surface area (Å²) in [6.07, 6.45) is 4.44. The molecule has 7 heteroatoms. The lowest BCUT2D eigenvalue weighted by atomic mass is 9.82. The van der Waals surface area contributed by atoms with Gasteiger partial charge in [-0.05, 0) is 18.9 Å². The fourth-order valence-corrected chi connectivity index (χ4v) is 1.91. The molecule has 0 unspecified atom stereocenters. The van der Waals surface area contributed by atoms with Gasteiger partial charge in [0.05, 0.1) is 12.0 Å². The van der Waals surface area contributed by atoms with Gasteiger partial charge in [-0.15, -0.1) is 0 Å². The average Bonchev–Trinajstić information content (AvgIpc) is 2.93. The largest absolute Gasteiger partial charge is 0.481 e. The zero-order valence-electron chi connectivity index (χ0n) is 11.9. The summed E-state index contributed by atoms with van der Waals surface area (Å²) in [6.45, 7) is 4.77. The molecule has 0 radical (unpaired) electrons. The number of nitrogens with zero attached hydrogens (tertiary/aromatic N) is 2. The van der Waals surface area contributed by atoms with E-state index in [4.69, 9.17) is 0 Å². The lowest BCUT2D eigenvalue weighted by molar-refractivity contribution is -0.149. The third-order valence-electron chi connectivity index (χ3n) is 3.58. The Kier molecular flexibility index (Phi) is 6.02. The lowest BCUT2D eigenvalue weighted by Crippen LogP contribution is -2.46. The number of urea groups is 1. The van der Waals surface area contributed by atoms with Crippen molar-refractivity contribution < 1.29 is 14.7 Å². The van der Waals surface area contributed by atoms with Crippen LogP contribution in [0.4, 0.5) is 4.79 Å². The predicted molar refractivity (Wildman–Crippen MR) is 74.3 cm³/mol. The second kappa shape index (κ2) is 7.52. The molecule has 1 aromatic heterocycles. The number of carbonyl (C=O) groups is 2. The number of rotatable bonds is 8. The maximum atomic E-state index is 11.6.